The van der Waals surface area contributed by atoms with E-state index in [1.165, 1.54) is 70.6 Å². The molecule has 0 heterocycles. The summed E-state index contributed by atoms with van der Waals surface area (Å²) in [6, 6.07) is 1.01. The van der Waals surface area contributed by atoms with E-state index >= 15 is 0 Å². The summed E-state index contributed by atoms with van der Waals surface area (Å²) in [5.41, 5.74) is 0. The molecule has 0 unspecified atom stereocenters. The number of carbonyl (C=O) groups excluding carboxylic acids is 1. The Balaban J connectivity index is 1.57. The van der Waals surface area contributed by atoms with Crippen molar-refractivity contribution < 1.29 is 4.79 Å². The van der Waals surface area contributed by atoms with Crippen LogP contribution in [0.25, 0.3) is 0 Å². The normalized spacial score (nSPS) is 28.2. The summed E-state index contributed by atoms with van der Waals surface area (Å²) < 4.78 is 0. The second-order valence-electron chi connectivity index (χ2n) is 6.79. The molecule has 2 fully saturated rings. The topological polar surface area (TPSA) is 41.1 Å². The van der Waals surface area contributed by atoms with Crippen LogP contribution < -0.4 is 10.6 Å². The molecule has 3 heteroatoms. The fourth-order valence-corrected chi connectivity index (χ4v) is 3.83. The second-order valence-corrected chi connectivity index (χ2v) is 6.79. The van der Waals surface area contributed by atoms with Crippen LogP contribution in [0.5, 0.6) is 0 Å². The third kappa shape index (κ3) is 5.43. The molecular weight excluding hydrogens is 248 g/mol. The fraction of sp³-hybridized carbons (Fsp3) is 0.941. The number of hydrogen-bond donors (Lipinski definition) is 2. The molecule has 2 aliphatic rings. The molecule has 0 saturated heterocycles. The van der Waals surface area contributed by atoms with Gasteiger partial charge in [-0.2, -0.15) is 0 Å². The molecule has 0 aromatic rings. The largest absolute Gasteiger partial charge is 0.352 e. The van der Waals surface area contributed by atoms with Crippen LogP contribution in [0, 0.1) is 5.92 Å². The highest BCUT2D eigenvalue weighted by Gasteiger charge is 2.21. The number of carbonyl (C=O) groups is 1. The van der Waals surface area contributed by atoms with Gasteiger partial charge in [0, 0.05) is 12.1 Å². The summed E-state index contributed by atoms with van der Waals surface area (Å²) in [5.74, 6) is 1.14. The first kappa shape index (κ1) is 15.8. The first-order valence-corrected chi connectivity index (χ1v) is 8.80. The zero-order chi connectivity index (χ0) is 14.2. The summed E-state index contributed by atoms with van der Waals surface area (Å²) >= 11 is 0. The average molecular weight is 280 g/mol. The van der Waals surface area contributed by atoms with E-state index < -0.39 is 0 Å². The molecule has 2 aliphatic carbocycles. The van der Waals surface area contributed by atoms with Gasteiger partial charge < -0.3 is 10.6 Å². The van der Waals surface area contributed by atoms with E-state index in [1.807, 2.05) is 0 Å². The van der Waals surface area contributed by atoms with Gasteiger partial charge in [-0.1, -0.05) is 39.0 Å². The highest BCUT2D eigenvalue weighted by molar-refractivity contribution is 5.78. The van der Waals surface area contributed by atoms with Gasteiger partial charge in [-0.25, -0.2) is 0 Å². The zero-order valence-corrected chi connectivity index (χ0v) is 13.1. The van der Waals surface area contributed by atoms with Crippen molar-refractivity contribution in [3.8, 4) is 0 Å². The van der Waals surface area contributed by atoms with Gasteiger partial charge in [0.05, 0.1) is 6.54 Å². The molecule has 0 bridgehead atoms. The summed E-state index contributed by atoms with van der Waals surface area (Å²) in [4.78, 5) is 11.9. The molecule has 2 rings (SSSR count). The second kappa shape index (κ2) is 8.66. The van der Waals surface area contributed by atoms with E-state index in [1.54, 1.807) is 0 Å². The third-order valence-corrected chi connectivity index (χ3v) is 5.07. The van der Waals surface area contributed by atoms with Gasteiger partial charge in [-0.3, -0.25) is 4.79 Å². The van der Waals surface area contributed by atoms with Crippen molar-refractivity contribution in [2.75, 3.05) is 6.54 Å². The van der Waals surface area contributed by atoms with Gasteiger partial charge in [0.1, 0.15) is 0 Å². The minimum atomic E-state index is 0.201. The van der Waals surface area contributed by atoms with Crippen molar-refractivity contribution in [3.05, 3.63) is 0 Å². The van der Waals surface area contributed by atoms with E-state index in [0.29, 0.717) is 18.6 Å². The number of amides is 1. The monoisotopic (exact) mass is 280 g/mol. The maximum Gasteiger partial charge on any atom is 0.234 e. The minimum Gasteiger partial charge on any atom is -0.352 e. The molecule has 0 aromatic heterocycles. The van der Waals surface area contributed by atoms with E-state index in [2.05, 4.69) is 17.6 Å². The molecular formula is C17H32N2O. The Hall–Kier alpha value is -0.570. The third-order valence-electron chi connectivity index (χ3n) is 5.07. The van der Waals surface area contributed by atoms with E-state index in [-0.39, 0.29) is 5.91 Å². The fourth-order valence-electron chi connectivity index (χ4n) is 3.83. The Morgan fingerprint density at radius 2 is 1.65 bits per heavy atom. The SMILES string of the molecule is CCCC1CCC(NCC(=O)NC2CCCCC2)CC1. The summed E-state index contributed by atoms with van der Waals surface area (Å²) in [6.45, 7) is 2.79. The maximum absolute atomic E-state index is 11.9. The Kier molecular flexibility index (Phi) is 6.85. The van der Waals surface area contributed by atoms with E-state index in [0.717, 1.165) is 5.92 Å². The van der Waals surface area contributed by atoms with Crippen molar-refractivity contribution in [3.63, 3.8) is 0 Å². The number of nitrogens with one attached hydrogen (secondary N) is 2. The van der Waals surface area contributed by atoms with Gasteiger partial charge in [0.2, 0.25) is 5.91 Å². The molecule has 2 N–H and O–H groups in total. The van der Waals surface area contributed by atoms with Crippen molar-refractivity contribution in [1.29, 1.82) is 0 Å². The molecule has 3 nitrogen and oxygen atoms in total. The van der Waals surface area contributed by atoms with Crippen LogP contribution >= 0.6 is 0 Å². The van der Waals surface area contributed by atoms with Crippen LogP contribution in [0.4, 0.5) is 0 Å². The van der Waals surface area contributed by atoms with Crippen LogP contribution in [-0.4, -0.2) is 24.5 Å². The molecule has 0 aromatic carbocycles. The molecule has 20 heavy (non-hydrogen) atoms. The Morgan fingerprint density at radius 1 is 0.950 bits per heavy atom. The van der Waals surface area contributed by atoms with E-state index in [4.69, 9.17) is 0 Å². The lowest BCUT2D eigenvalue weighted by atomic mass is 9.83. The Bertz CT molecular complexity index is 279. The first-order valence-electron chi connectivity index (χ1n) is 8.80. The first-order chi connectivity index (χ1) is 9.78. The molecule has 0 spiro atoms. The summed E-state index contributed by atoms with van der Waals surface area (Å²) in [5, 5.41) is 6.65. The smallest absolute Gasteiger partial charge is 0.234 e. The average Bonchev–Trinajstić information content (AvgIpc) is 2.48. The highest BCUT2D eigenvalue weighted by Crippen LogP contribution is 2.27. The molecule has 0 radical (unpaired) electrons. The lowest BCUT2D eigenvalue weighted by Gasteiger charge is -2.29. The van der Waals surface area contributed by atoms with Gasteiger partial charge in [0.25, 0.3) is 0 Å². The number of hydrogen-bond acceptors (Lipinski definition) is 2. The quantitative estimate of drug-likeness (QED) is 0.783. The van der Waals surface area contributed by atoms with Crippen LogP contribution in [0.1, 0.15) is 77.6 Å². The van der Waals surface area contributed by atoms with Crippen LogP contribution in [0.2, 0.25) is 0 Å². The van der Waals surface area contributed by atoms with Crippen molar-refractivity contribution in [2.24, 2.45) is 5.92 Å². The molecule has 0 atom stereocenters. The van der Waals surface area contributed by atoms with Crippen molar-refractivity contribution >= 4 is 5.91 Å². The van der Waals surface area contributed by atoms with Crippen LogP contribution in [-0.2, 0) is 4.79 Å². The predicted molar refractivity (Wildman–Crippen MR) is 83.7 cm³/mol. The maximum atomic E-state index is 11.9. The standard InChI is InChI=1S/C17H32N2O/c1-2-6-14-9-11-15(12-10-14)18-13-17(20)19-16-7-4-3-5-8-16/h14-16,18H,2-13H2,1H3,(H,19,20). The molecule has 0 aliphatic heterocycles. The van der Waals surface area contributed by atoms with Gasteiger partial charge >= 0.3 is 0 Å². The van der Waals surface area contributed by atoms with Gasteiger partial charge in [0.15, 0.2) is 0 Å². The zero-order valence-electron chi connectivity index (χ0n) is 13.1. The van der Waals surface area contributed by atoms with E-state index in [9.17, 15) is 4.79 Å². The van der Waals surface area contributed by atoms with Gasteiger partial charge in [-0.05, 0) is 44.4 Å². The van der Waals surface area contributed by atoms with Crippen molar-refractivity contribution in [2.45, 2.75) is 89.6 Å². The molecule has 2 saturated carbocycles. The van der Waals surface area contributed by atoms with Crippen LogP contribution in [0.15, 0.2) is 0 Å². The van der Waals surface area contributed by atoms with Crippen LogP contribution in [0.3, 0.4) is 0 Å². The highest BCUT2D eigenvalue weighted by atomic mass is 16.1. The predicted octanol–water partition coefficient (Wildman–Crippen LogP) is 3.38. The van der Waals surface area contributed by atoms with Crippen molar-refractivity contribution in [1.82, 2.24) is 10.6 Å². The molecule has 1 amide bonds. The summed E-state index contributed by atoms with van der Waals surface area (Å²) in [7, 11) is 0. The summed E-state index contributed by atoms with van der Waals surface area (Å²) in [6.07, 6.45) is 14.1. The minimum absolute atomic E-state index is 0.201. The molecule has 116 valence electrons. The Morgan fingerprint density at radius 3 is 2.30 bits per heavy atom. The lowest BCUT2D eigenvalue weighted by molar-refractivity contribution is -0.121. The number of rotatable bonds is 6. The van der Waals surface area contributed by atoms with Gasteiger partial charge in [-0.15, -0.1) is 0 Å². The lowest BCUT2D eigenvalue weighted by Crippen LogP contribution is -2.44. The Labute approximate surface area is 124 Å².